The molecule has 0 amide bonds. The summed E-state index contributed by atoms with van der Waals surface area (Å²) in [5.74, 6) is 0.419. The van der Waals surface area contributed by atoms with Gasteiger partial charge in [-0.25, -0.2) is 13.1 Å². The van der Waals surface area contributed by atoms with Gasteiger partial charge in [0.2, 0.25) is 10.0 Å². The van der Waals surface area contributed by atoms with Crippen LogP contribution in [-0.4, -0.2) is 19.8 Å². The second-order valence-corrected chi connectivity index (χ2v) is 7.27. The molecule has 1 aromatic rings. The molecule has 0 heterocycles. The summed E-state index contributed by atoms with van der Waals surface area (Å²) in [5.41, 5.74) is -0.518. The van der Waals surface area contributed by atoms with Crippen LogP contribution < -0.4 is 4.72 Å². The number of benzene rings is 1. The molecule has 0 fully saturated rings. The summed E-state index contributed by atoms with van der Waals surface area (Å²) in [7, 11) is -3.54. The van der Waals surface area contributed by atoms with Gasteiger partial charge in [0.25, 0.3) is 0 Å². The van der Waals surface area contributed by atoms with E-state index in [0.717, 1.165) is 0 Å². The Bertz CT molecular complexity index is 507. The van der Waals surface area contributed by atoms with Gasteiger partial charge in [0, 0.05) is 15.9 Å². The van der Waals surface area contributed by atoms with E-state index in [-0.39, 0.29) is 4.90 Å². The first-order valence-electron chi connectivity index (χ1n) is 5.69. The van der Waals surface area contributed by atoms with Gasteiger partial charge in [-0.15, -0.1) is 11.6 Å². The third-order valence-electron chi connectivity index (χ3n) is 2.93. The van der Waals surface area contributed by atoms with Crippen molar-refractivity contribution in [2.75, 3.05) is 5.88 Å². The standard InChI is InChI=1S/C12H17BrClNO2S/c1-3-12(2,8-9-14)15-18(16,17)11-7-5-4-6-10(11)13/h4-7,15H,3,8-9H2,1-2H3. The van der Waals surface area contributed by atoms with Gasteiger partial charge in [-0.05, 0) is 47.8 Å². The smallest absolute Gasteiger partial charge is 0.207 e. The van der Waals surface area contributed by atoms with E-state index >= 15 is 0 Å². The second-order valence-electron chi connectivity index (χ2n) is 4.39. The normalized spacial score (nSPS) is 15.3. The topological polar surface area (TPSA) is 46.2 Å². The van der Waals surface area contributed by atoms with Crippen molar-refractivity contribution in [3.05, 3.63) is 28.7 Å². The summed E-state index contributed by atoms with van der Waals surface area (Å²) in [5, 5.41) is 0. The van der Waals surface area contributed by atoms with Gasteiger partial charge in [0.05, 0.1) is 4.90 Å². The Hall–Kier alpha value is -0.100. The Balaban J connectivity index is 3.06. The molecule has 102 valence electrons. The predicted molar refractivity (Wildman–Crippen MR) is 78.5 cm³/mol. The fourth-order valence-electron chi connectivity index (χ4n) is 1.55. The Morgan fingerprint density at radius 3 is 2.50 bits per heavy atom. The van der Waals surface area contributed by atoms with Crippen molar-refractivity contribution in [2.45, 2.75) is 37.1 Å². The van der Waals surface area contributed by atoms with Crippen LogP contribution in [0.5, 0.6) is 0 Å². The van der Waals surface area contributed by atoms with E-state index < -0.39 is 15.6 Å². The molecule has 1 N–H and O–H groups in total. The molecule has 0 saturated carbocycles. The summed E-state index contributed by atoms with van der Waals surface area (Å²) in [4.78, 5) is 0.249. The van der Waals surface area contributed by atoms with Crippen molar-refractivity contribution >= 4 is 37.6 Å². The van der Waals surface area contributed by atoms with Crippen LogP contribution in [0.1, 0.15) is 26.7 Å². The van der Waals surface area contributed by atoms with Crippen molar-refractivity contribution in [1.29, 1.82) is 0 Å². The molecule has 1 aromatic carbocycles. The number of nitrogens with one attached hydrogen (secondary N) is 1. The first kappa shape index (κ1) is 16.0. The maximum Gasteiger partial charge on any atom is 0.242 e. The van der Waals surface area contributed by atoms with Crippen LogP contribution in [0.3, 0.4) is 0 Å². The van der Waals surface area contributed by atoms with Gasteiger partial charge in [0.15, 0.2) is 0 Å². The largest absolute Gasteiger partial charge is 0.242 e. The van der Waals surface area contributed by atoms with E-state index in [1.54, 1.807) is 24.3 Å². The van der Waals surface area contributed by atoms with Crippen LogP contribution in [0.4, 0.5) is 0 Å². The van der Waals surface area contributed by atoms with E-state index in [1.807, 2.05) is 13.8 Å². The van der Waals surface area contributed by atoms with E-state index in [0.29, 0.717) is 23.2 Å². The Morgan fingerprint density at radius 2 is 2.00 bits per heavy atom. The highest BCUT2D eigenvalue weighted by atomic mass is 79.9. The molecule has 1 rings (SSSR count). The summed E-state index contributed by atoms with van der Waals surface area (Å²) in [6.07, 6.45) is 1.28. The van der Waals surface area contributed by atoms with Gasteiger partial charge in [-0.3, -0.25) is 0 Å². The zero-order chi connectivity index (χ0) is 13.8. The monoisotopic (exact) mass is 353 g/mol. The molecule has 18 heavy (non-hydrogen) atoms. The highest BCUT2D eigenvalue weighted by Crippen LogP contribution is 2.24. The fourth-order valence-corrected chi connectivity index (χ4v) is 4.48. The predicted octanol–water partition coefficient (Wildman–Crippen LogP) is 3.53. The number of sulfonamides is 1. The van der Waals surface area contributed by atoms with E-state index in [4.69, 9.17) is 11.6 Å². The Kier molecular flexibility index (Phi) is 5.65. The number of halogens is 2. The third-order valence-corrected chi connectivity index (χ3v) is 5.77. The average molecular weight is 355 g/mol. The molecule has 6 heteroatoms. The summed E-state index contributed by atoms with van der Waals surface area (Å²) in [6, 6.07) is 6.76. The SMILES string of the molecule is CCC(C)(CCCl)NS(=O)(=O)c1ccccc1Br. The number of rotatable bonds is 6. The van der Waals surface area contributed by atoms with Crippen LogP contribution in [0.2, 0.25) is 0 Å². The molecule has 0 radical (unpaired) electrons. The van der Waals surface area contributed by atoms with E-state index in [2.05, 4.69) is 20.7 Å². The lowest BCUT2D eigenvalue weighted by Gasteiger charge is -2.28. The van der Waals surface area contributed by atoms with Gasteiger partial charge in [0.1, 0.15) is 0 Å². The molecule has 0 aliphatic rings. The highest BCUT2D eigenvalue weighted by Gasteiger charge is 2.29. The van der Waals surface area contributed by atoms with Crippen molar-refractivity contribution in [3.8, 4) is 0 Å². The number of alkyl halides is 1. The summed E-state index contributed by atoms with van der Waals surface area (Å²) in [6.45, 7) is 3.80. The number of hydrogen-bond acceptors (Lipinski definition) is 2. The second kappa shape index (κ2) is 6.37. The molecular formula is C12H17BrClNO2S. The fraction of sp³-hybridized carbons (Fsp3) is 0.500. The molecule has 0 saturated heterocycles. The molecule has 0 aliphatic carbocycles. The minimum absolute atomic E-state index is 0.249. The minimum atomic E-state index is -3.54. The van der Waals surface area contributed by atoms with Crippen molar-refractivity contribution in [2.24, 2.45) is 0 Å². The van der Waals surface area contributed by atoms with Crippen molar-refractivity contribution < 1.29 is 8.42 Å². The molecule has 1 unspecified atom stereocenters. The first-order valence-corrected chi connectivity index (χ1v) is 8.50. The lowest BCUT2D eigenvalue weighted by molar-refractivity contribution is 0.390. The van der Waals surface area contributed by atoms with Gasteiger partial charge < -0.3 is 0 Å². The van der Waals surface area contributed by atoms with Crippen molar-refractivity contribution in [3.63, 3.8) is 0 Å². The van der Waals surface area contributed by atoms with Crippen LogP contribution in [0, 0.1) is 0 Å². The Labute approximate surface area is 122 Å². The van der Waals surface area contributed by atoms with Gasteiger partial charge >= 0.3 is 0 Å². The zero-order valence-corrected chi connectivity index (χ0v) is 13.6. The highest BCUT2D eigenvalue weighted by molar-refractivity contribution is 9.10. The molecule has 0 aliphatic heterocycles. The molecule has 0 aromatic heterocycles. The maximum absolute atomic E-state index is 12.3. The zero-order valence-electron chi connectivity index (χ0n) is 10.4. The molecule has 1 atom stereocenters. The first-order chi connectivity index (χ1) is 8.34. The lowest BCUT2D eigenvalue weighted by atomic mass is 9.97. The maximum atomic E-state index is 12.3. The average Bonchev–Trinajstić information content (AvgIpc) is 2.29. The van der Waals surface area contributed by atoms with Crippen LogP contribution in [-0.2, 0) is 10.0 Å². The molecule has 3 nitrogen and oxygen atoms in total. The number of hydrogen-bond donors (Lipinski definition) is 1. The summed E-state index contributed by atoms with van der Waals surface area (Å²) < 4.78 is 27.9. The minimum Gasteiger partial charge on any atom is -0.207 e. The summed E-state index contributed by atoms with van der Waals surface area (Å²) >= 11 is 8.98. The van der Waals surface area contributed by atoms with Crippen molar-refractivity contribution in [1.82, 2.24) is 4.72 Å². The Morgan fingerprint density at radius 1 is 1.39 bits per heavy atom. The third kappa shape index (κ3) is 3.95. The van der Waals surface area contributed by atoms with Gasteiger partial charge in [-0.2, -0.15) is 0 Å². The van der Waals surface area contributed by atoms with Crippen LogP contribution in [0.15, 0.2) is 33.6 Å². The lowest BCUT2D eigenvalue weighted by Crippen LogP contribution is -2.45. The van der Waals surface area contributed by atoms with Crippen LogP contribution >= 0.6 is 27.5 Å². The quantitative estimate of drug-likeness (QED) is 0.794. The van der Waals surface area contributed by atoms with E-state index in [9.17, 15) is 8.42 Å². The van der Waals surface area contributed by atoms with Crippen LogP contribution in [0.25, 0.3) is 0 Å². The molecule has 0 spiro atoms. The van der Waals surface area contributed by atoms with E-state index in [1.165, 1.54) is 0 Å². The van der Waals surface area contributed by atoms with Gasteiger partial charge in [-0.1, -0.05) is 19.1 Å². The molecular weight excluding hydrogens is 338 g/mol. The molecule has 0 bridgehead atoms.